The molecule has 0 unspecified atom stereocenters. The average Bonchev–Trinajstić information content (AvgIpc) is 2.98. The molecule has 0 radical (unpaired) electrons. The first-order valence-electron chi connectivity index (χ1n) is 6.33. The highest BCUT2D eigenvalue weighted by molar-refractivity contribution is 7.98. The molecule has 0 aliphatic rings. The fourth-order valence-electron chi connectivity index (χ4n) is 1.69. The second-order valence-electron chi connectivity index (χ2n) is 4.56. The second kappa shape index (κ2) is 6.55. The highest BCUT2D eigenvalue weighted by Gasteiger charge is 2.23. The molecule has 22 heavy (non-hydrogen) atoms. The van der Waals surface area contributed by atoms with Gasteiger partial charge in [-0.3, -0.25) is 4.79 Å². The van der Waals surface area contributed by atoms with Gasteiger partial charge in [-0.25, -0.2) is 12.7 Å². The van der Waals surface area contributed by atoms with Crippen LogP contribution in [-0.4, -0.2) is 39.0 Å². The van der Waals surface area contributed by atoms with Gasteiger partial charge in [0, 0.05) is 19.0 Å². The quantitative estimate of drug-likeness (QED) is 0.846. The van der Waals surface area contributed by atoms with Crippen molar-refractivity contribution < 1.29 is 17.6 Å². The zero-order valence-corrected chi connectivity index (χ0v) is 14.0. The smallest absolute Gasteiger partial charge is 0.291 e. The van der Waals surface area contributed by atoms with Gasteiger partial charge in [0.1, 0.15) is 0 Å². The Kier molecular flexibility index (Phi) is 4.94. The Morgan fingerprint density at radius 2 is 1.86 bits per heavy atom. The number of furan rings is 1. The summed E-state index contributed by atoms with van der Waals surface area (Å²) in [5, 5.41) is 2.45. The molecule has 0 aliphatic heterocycles. The summed E-state index contributed by atoms with van der Waals surface area (Å²) in [4.78, 5) is 13.1. The zero-order valence-electron chi connectivity index (χ0n) is 12.4. The standard InChI is InChI=1S/C14H16N2O4S2/c1-16(2)22(18,19)13-9-8-11(20-13)14(17)15-10-6-4-5-7-12(10)21-3/h4-9H,1-3H3,(H,15,17). The number of rotatable bonds is 5. The van der Waals surface area contributed by atoms with Crippen LogP contribution in [0.25, 0.3) is 0 Å². The molecule has 0 spiro atoms. The number of benzene rings is 1. The van der Waals surface area contributed by atoms with E-state index in [1.165, 1.54) is 38.0 Å². The molecule has 1 heterocycles. The first-order valence-corrected chi connectivity index (χ1v) is 8.99. The summed E-state index contributed by atoms with van der Waals surface area (Å²) in [7, 11) is -0.902. The summed E-state index contributed by atoms with van der Waals surface area (Å²) in [6.45, 7) is 0. The molecule has 0 saturated carbocycles. The number of sulfonamides is 1. The third-order valence-corrected chi connectivity index (χ3v) is 5.38. The van der Waals surface area contributed by atoms with E-state index in [0.717, 1.165) is 9.20 Å². The van der Waals surface area contributed by atoms with Crippen molar-refractivity contribution in [3.8, 4) is 0 Å². The van der Waals surface area contributed by atoms with E-state index >= 15 is 0 Å². The molecule has 2 aromatic rings. The normalized spacial score (nSPS) is 11.6. The summed E-state index contributed by atoms with van der Waals surface area (Å²) >= 11 is 1.50. The Balaban J connectivity index is 2.23. The molecular formula is C14H16N2O4S2. The topological polar surface area (TPSA) is 79.6 Å². The van der Waals surface area contributed by atoms with Gasteiger partial charge in [0.05, 0.1) is 5.69 Å². The van der Waals surface area contributed by atoms with Crippen molar-refractivity contribution in [2.75, 3.05) is 25.7 Å². The molecule has 0 bridgehead atoms. The minimum Gasteiger partial charge on any atom is -0.438 e. The Morgan fingerprint density at radius 3 is 2.50 bits per heavy atom. The van der Waals surface area contributed by atoms with Gasteiger partial charge < -0.3 is 9.73 Å². The number of nitrogens with zero attached hydrogens (tertiary/aromatic N) is 1. The van der Waals surface area contributed by atoms with Gasteiger partial charge in [0.2, 0.25) is 5.09 Å². The number of carbonyl (C=O) groups excluding carboxylic acids is 1. The number of carbonyl (C=O) groups is 1. The number of hydrogen-bond acceptors (Lipinski definition) is 5. The Bertz CT molecular complexity index is 782. The van der Waals surface area contributed by atoms with E-state index in [0.29, 0.717) is 5.69 Å². The van der Waals surface area contributed by atoms with Crippen LogP contribution in [0.2, 0.25) is 0 Å². The van der Waals surface area contributed by atoms with Crippen molar-refractivity contribution in [3.63, 3.8) is 0 Å². The molecule has 0 saturated heterocycles. The highest BCUT2D eigenvalue weighted by atomic mass is 32.2. The summed E-state index contributed by atoms with van der Waals surface area (Å²) in [5.74, 6) is -0.557. The summed E-state index contributed by atoms with van der Waals surface area (Å²) < 4.78 is 30.0. The zero-order chi connectivity index (χ0) is 16.3. The van der Waals surface area contributed by atoms with Gasteiger partial charge in [-0.2, -0.15) is 0 Å². The summed E-state index contributed by atoms with van der Waals surface area (Å²) in [6, 6.07) is 9.93. The SMILES string of the molecule is CSc1ccccc1NC(=O)c1ccc(S(=O)(=O)N(C)C)o1. The summed E-state index contributed by atoms with van der Waals surface area (Å²) in [5.41, 5.74) is 0.647. The molecule has 1 aromatic carbocycles. The lowest BCUT2D eigenvalue weighted by molar-refractivity contribution is 0.0991. The lowest BCUT2D eigenvalue weighted by Crippen LogP contribution is -2.21. The van der Waals surface area contributed by atoms with Crippen molar-refractivity contribution in [1.29, 1.82) is 0 Å². The van der Waals surface area contributed by atoms with Crippen molar-refractivity contribution >= 4 is 33.4 Å². The Morgan fingerprint density at radius 1 is 1.18 bits per heavy atom. The fourth-order valence-corrected chi connectivity index (χ4v) is 3.04. The van der Waals surface area contributed by atoms with Crippen LogP contribution in [0.15, 0.2) is 50.8 Å². The monoisotopic (exact) mass is 340 g/mol. The van der Waals surface area contributed by atoms with Gasteiger partial charge in [-0.15, -0.1) is 11.8 Å². The largest absolute Gasteiger partial charge is 0.438 e. The molecule has 118 valence electrons. The minimum atomic E-state index is -3.69. The molecular weight excluding hydrogens is 324 g/mol. The van der Waals surface area contributed by atoms with Crippen LogP contribution in [0.5, 0.6) is 0 Å². The maximum Gasteiger partial charge on any atom is 0.291 e. The van der Waals surface area contributed by atoms with E-state index in [1.807, 2.05) is 18.4 Å². The second-order valence-corrected chi connectivity index (χ2v) is 7.49. The first-order chi connectivity index (χ1) is 10.4. The van der Waals surface area contributed by atoms with Crippen LogP contribution in [0, 0.1) is 0 Å². The van der Waals surface area contributed by atoms with E-state index in [4.69, 9.17) is 4.42 Å². The van der Waals surface area contributed by atoms with Crippen LogP contribution in [-0.2, 0) is 10.0 Å². The van der Waals surface area contributed by atoms with Crippen molar-refractivity contribution in [3.05, 3.63) is 42.2 Å². The van der Waals surface area contributed by atoms with Crippen molar-refractivity contribution in [1.82, 2.24) is 4.31 Å². The van der Waals surface area contributed by atoms with Gasteiger partial charge in [-0.05, 0) is 30.5 Å². The van der Waals surface area contributed by atoms with Crippen LogP contribution in [0.4, 0.5) is 5.69 Å². The number of nitrogens with one attached hydrogen (secondary N) is 1. The van der Waals surface area contributed by atoms with E-state index in [1.54, 1.807) is 12.1 Å². The van der Waals surface area contributed by atoms with E-state index in [-0.39, 0.29) is 10.9 Å². The van der Waals surface area contributed by atoms with Crippen molar-refractivity contribution in [2.45, 2.75) is 9.99 Å². The highest BCUT2D eigenvalue weighted by Crippen LogP contribution is 2.25. The molecule has 1 amide bonds. The molecule has 1 aromatic heterocycles. The molecule has 2 rings (SSSR count). The molecule has 8 heteroatoms. The maximum absolute atomic E-state index is 12.2. The third-order valence-electron chi connectivity index (χ3n) is 2.90. The van der Waals surface area contributed by atoms with Crippen molar-refractivity contribution in [2.24, 2.45) is 0 Å². The number of amides is 1. The van der Waals surface area contributed by atoms with Crippen LogP contribution < -0.4 is 5.32 Å². The van der Waals surface area contributed by atoms with Crippen LogP contribution >= 0.6 is 11.8 Å². The van der Waals surface area contributed by atoms with Crippen LogP contribution in [0.1, 0.15) is 10.6 Å². The first kappa shape index (κ1) is 16.6. The molecule has 0 fully saturated rings. The lowest BCUT2D eigenvalue weighted by atomic mass is 10.3. The number of hydrogen-bond donors (Lipinski definition) is 1. The Labute approximate surface area is 133 Å². The Hall–Kier alpha value is -1.77. The minimum absolute atomic E-state index is 0.0590. The third kappa shape index (κ3) is 3.34. The van der Waals surface area contributed by atoms with Gasteiger partial charge >= 0.3 is 0 Å². The number of para-hydroxylation sites is 1. The summed E-state index contributed by atoms with van der Waals surface area (Å²) in [6.07, 6.45) is 1.90. The molecule has 0 atom stereocenters. The van der Waals surface area contributed by atoms with E-state index in [2.05, 4.69) is 5.32 Å². The molecule has 1 N–H and O–H groups in total. The van der Waals surface area contributed by atoms with Gasteiger partial charge in [-0.1, -0.05) is 12.1 Å². The average molecular weight is 340 g/mol. The van der Waals surface area contributed by atoms with E-state index in [9.17, 15) is 13.2 Å². The van der Waals surface area contributed by atoms with Gasteiger partial charge in [0.25, 0.3) is 15.9 Å². The lowest BCUT2D eigenvalue weighted by Gasteiger charge is -2.09. The molecule has 0 aliphatic carbocycles. The predicted molar refractivity (Wildman–Crippen MR) is 85.8 cm³/mol. The molecule has 6 nitrogen and oxygen atoms in total. The maximum atomic E-state index is 12.2. The number of thioether (sulfide) groups is 1. The van der Waals surface area contributed by atoms with Crippen LogP contribution in [0.3, 0.4) is 0 Å². The fraction of sp³-hybridized carbons (Fsp3) is 0.214. The van der Waals surface area contributed by atoms with E-state index < -0.39 is 15.9 Å². The number of anilines is 1. The predicted octanol–water partition coefficient (Wildman–Crippen LogP) is 2.50. The van der Waals surface area contributed by atoms with Gasteiger partial charge in [0.15, 0.2) is 5.76 Å².